The van der Waals surface area contributed by atoms with E-state index in [1.807, 2.05) is 18.2 Å². The quantitative estimate of drug-likeness (QED) is 0.761. The van der Waals surface area contributed by atoms with E-state index in [9.17, 15) is 0 Å². The van der Waals surface area contributed by atoms with E-state index in [-0.39, 0.29) is 6.61 Å². The average molecular weight is 177 g/mol. The fraction of sp³-hybridized carbons (Fsp3) is 0.300. The second-order valence-corrected chi connectivity index (χ2v) is 2.88. The first-order chi connectivity index (χ1) is 6.35. The fourth-order valence-corrected chi connectivity index (χ4v) is 1.40. The molecule has 0 radical (unpaired) electrons. The van der Waals surface area contributed by atoms with Crippen LogP contribution < -0.4 is 0 Å². The molecule has 0 fully saturated rings. The molecule has 1 N–H and O–H groups in total. The largest absolute Gasteiger partial charge is 0.438 e. The Kier molecular flexibility index (Phi) is 2.02. The van der Waals surface area contributed by atoms with E-state index in [1.54, 1.807) is 0 Å². The maximum atomic E-state index is 8.85. The number of para-hydroxylation sites is 1. The second-order valence-electron chi connectivity index (χ2n) is 2.88. The topological polar surface area (TPSA) is 46.3 Å². The Hall–Kier alpha value is -1.35. The Morgan fingerprint density at radius 1 is 1.46 bits per heavy atom. The Balaban J connectivity index is 2.67. The highest BCUT2D eigenvalue weighted by molar-refractivity contribution is 5.76. The summed E-state index contributed by atoms with van der Waals surface area (Å²) in [6, 6.07) is 5.84. The lowest BCUT2D eigenvalue weighted by Gasteiger charge is -1.94. The molecule has 1 heterocycles. The van der Waals surface area contributed by atoms with Gasteiger partial charge in [0.25, 0.3) is 0 Å². The van der Waals surface area contributed by atoms with Gasteiger partial charge in [-0.1, -0.05) is 19.1 Å². The van der Waals surface area contributed by atoms with Gasteiger partial charge in [-0.3, -0.25) is 0 Å². The summed E-state index contributed by atoms with van der Waals surface area (Å²) in [6.45, 7) is 1.92. The van der Waals surface area contributed by atoms with E-state index in [1.165, 1.54) is 0 Å². The van der Waals surface area contributed by atoms with Crippen LogP contribution in [0.15, 0.2) is 22.6 Å². The van der Waals surface area contributed by atoms with Gasteiger partial charge >= 0.3 is 0 Å². The summed E-state index contributed by atoms with van der Waals surface area (Å²) in [7, 11) is 0. The third-order valence-corrected chi connectivity index (χ3v) is 2.06. The number of rotatable bonds is 2. The zero-order chi connectivity index (χ0) is 9.26. The molecule has 0 saturated carbocycles. The van der Waals surface area contributed by atoms with Gasteiger partial charge in [0.15, 0.2) is 5.58 Å². The van der Waals surface area contributed by atoms with Crippen LogP contribution in [-0.4, -0.2) is 10.1 Å². The minimum absolute atomic E-state index is 0.141. The van der Waals surface area contributed by atoms with Crippen LogP contribution in [0.4, 0.5) is 0 Å². The number of aliphatic hydroxyl groups excluding tert-OH is 1. The van der Waals surface area contributed by atoms with E-state index in [2.05, 4.69) is 11.9 Å². The smallest absolute Gasteiger partial charge is 0.221 e. The first-order valence-corrected chi connectivity index (χ1v) is 4.33. The lowest BCUT2D eigenvalue weighted by Crippen LogP contribution is -1.79. The molecule has 68 valence electrons. The molecule has 0 amide bonds. The summed E-state index contributed by atoms with van der Waals surface area (Å²) < 4.78 is 5.38. The molecule has 2 rings (SSSR count). The summed E-state index contributed by atoms with van der Waals surface area (Å²) in [4.78, 5) is 4.12. The normalized spacial score (nSPS) is 10.9. The third kappa shape index (κ3) is 1.31. The summed E-state index contributed by atoms with van der Waals surface area (Å²) >= 11 is 0. The highest BCUT2D eigenvalue weighted by atomic mass is 16.4. The van der Waals surface area contributed by atoms with Gasteiger partial charge in [-0.05, 0) is 18.1 Å². The fourth-order valence-electron chi connectivity index (χ4n) is 1.40. The molecule has 0 spiro atoms. The number of nitrogens with zero attached hydrogens (tertiary/aromatic N) is 1. The van der Waals surface area contributed by atoms with Gasteiger partial charge in [-0.15, -0.1) is 0 Å². The first kappa shape index (κ1) is 8.26. The van der Waals surface area contributed by atoms with Gasteiger partial charge in [0.1, 0.15) is 12.1 Å². The molecule has 2 aromatic rings. The van der Waals surface area contributed by atoms with Crippen molar-refractivity contribution in [3.63, 3.8) is 0 Å². The molecule has 3 nitrogen and oxygen atoms in total. The molecule has 0 unspecified atom stereocenters. The van der Waals surface area contributed by atoms with Crippen LogP contribution in [-0.2, 0) is 13.0 Å². The third-order valence-electron chi connectivity index (χ3n) is 2.06. The predicted octanol–water partition coefficient (Wildman–Crippen LogP) is 1.88. The van der Waals surface area contributed by atoms with Gasteiger partial charge in [0.05, 0.1) is 0 Å². The van der Waals surface area contributed by atoms with Gasteiger partial charge in [0.2, 0.25) is 5.89 Å². The van der Waals surface area contributed by atoms with Crippen molar-refractivity contribution in [2.75, 3.05) is 0 Å². The SMILES string of the molecule is CCc1cccc2nc(CO)oc12. The van der Waals surface area contributed by atoms with E-state index in [0.717, 1.165) is 23.1 Å². The molecule has 3 heteroatoms. The van der Waals surface area contributed by atoms with Crippen LogP contribution in [0.2, 0.25) is 0 Å². The standard InChI is InChI=1S/C10H11NO2/c1-2-7-4-3-5-8-10(7)13-9(6-12)11-8/h3-5,12H,2,6H2,1H3. The molecule has 0 saturated heterocycles. The number of benzene rings is 1. The van der Waals surface area contributed by atoms with Crippen LogP contribution in [0.5, 0.6) is 0 Å². The maximum absolute atomic E-state index is 8.85. The molecule has 1 aromatic carbocycles. The lowest BCUT2D eigenvalue weighted by molar-refractivity contribution is 0.243. The average Bonchev–Trinajstić information content (AvgIpc) is 2.59. The van der Waals surface area contributed by atoms with Crippen molar-refractivity contribution in [1.82, 2.24) is 4.98 Å². The molecular weight excluding hydrogens is 166 g/mol. The number of aryl methyl sites for hydroxylation is 1. The Morgan fingerprint density at radius 2 is 2.31 bits per heavy atom. The first-order valence-electron chi connectivity index (χ1n) is 4.33. The van der Waals surface area contributed by atoms with E-state index in [4.69, 9.17) is 9.52 Å². The Labute approximate surface area is 76.0 Å². The second kappa shape index (κ2) is 3.18. The summed E-state index contributed by atoms with van der Waals surface area (Å²) in [5.74, 6) is 0.385. The molecule has 0 aliphatic carbocycles. The minimum atomic E-state index is -0.141. The maximum Gasteiger partial charge on any atom is 0.221 e. The van der Waals surface area contributed by atoms with Crippen molar-refractivity contribution in [2.24, 2.45) is 0 Å². The molecule has 1 aromatic heterocycles. The highest BCUT2D eigenvalue weighted by Gasteiger charge is 2.06. The van der Waals surface area contributed by atoms with Crippen LogP contribution >= 0.6 is 0 Å². The van der Waals surface area contributed by atoms with Crippen molar-refractivity contribution >= 4 is 11.1 Å². The van der Waals surface area contributed by atoms with Crippen molar-refractivity contribution < 1.29 is 9.52 Å². The van der Waals surface area contributed by atoms with E-state index < -0.39 is 0 Å². The summed E-state index contributed by atoms with van der Waals surface area (Å²) in [5, 5.41) is 8.85. The van der Waals surface area contributed by atoms with Crippen LogP contribution in [0.25, 0.3) is 11.1 Å². The van der Waals surface area contributed by atoms with Crippen molar-refractivity contribution in [1.29, 1.82) is 0 Å². The number of hydrogen-bond acceptors (Lipinski definition) is 3. The van der Waals surface area contributed by atoms with Crippen LogP contribution in [0.1, 0.15) is 18.4 Å². The van der Waals surface area contributed by atoms with E-state index in [0.29, 0.717) is 5.89 Å². The van der Waals surface area contributed by atoms with Gasteiger partial charge < -0.3 is 9.52 Å². The van der Waals surface area contributed by atoms with Gasteiger partial charge in [-0.2, -0.15) is 0 Å². The van der Waals surface area contributed by atoms with Gasteiger partial charge in [0, 0.05) is 0 Å². The Bertz CT molecular complexity index is 420. The van der Waals surface area contributed by atoms with Crippen LogP contribution in [0.3, 0.4) is 0 Å². The zero-order valence-electron chi connectivity index (χ0n) is 7.45. The van der Waals surface area contributed by atoms with E-state index >= 15 is 0 Å². The van der Waals surface area contributed by atoms with Crippen LogP contribution in [0, 0.1) is 0 Å². The lowest BCUT2D eigenvalue weighted by atomic mass is 10.1. The predicted molar refractivity (Wildman–Crippen MR) is 49.3 cm³/mol. The number of hydrogen-bond donors (Lipinski definition) is 1. The number of oxazole rings is 1. The molecule has 0 bridgehead atoms. The monoisotopic (exact) mass is 177 g/mol. The molecule has 0 aliphatic heterocycles. The van der Waals surface area contributed by atoms with Crippen molar-refractivity contribution in [3.8, 4) is 0 Å². The van der Waals surface area contributed by atoms with Crippen molar-refractivity contribution in [3.05, 3.63) is 29.7 Å². The molecular formula is C10H11NO2. The zero-order valence-corrected chi connectivity index (χ0v) is 7.45. The molecule has 13 heavy (non-hydrogen) atoms. The van der Waals surface area contributed by atoms with Crippen molar-refractivity contribution in [2.45, 2.75) is 20.0 Å². The summed E-state index contributed by atoms with van der Waals surface area (Å²) in [6.07, 6.45) is 0.914. The summed E-state index contributed by atoms with van der Waals surface area (Å²) in [5.41, 5.74) is 2.75. The Morgan fingerprint density at radius 3 is 3.00 bits per heavy atom. The number of aliphatic hydroxyl groups is 1. The number of aromatic nitrogens is 1. The molecule has 0 aliphatic rings. The molecule has 0 atom stereocenters. The minimum Gasteiger partial charge on any atom is -0.438 e. The highest BCUT2D eigenvalue weighted by Crippen LogP contribution is 2.20. The number of fused-ring (bicyclic) bond motifs is 1. The van der Waals surface area contributed by atoms with Gasteiger partial charge in [-0.25, -0.2) is 4.98 Å².